The van der Waals surface area contributed by atoms with Gasteiger partial charge < -0.3 is 14.4 Å². The van der Waals surface area contributed by atoms with Gasteiger partial charge in [-0.05, 0) is 36.2 Å². The SMILES string of the molecule is O=CCCOc1cccc(C(=O)N2CCc3ccccc32)c1. The minimum atomic E-state index is -0.0224. The standard InChI is InChI=1S/C18H17NO3/c20-11-4-12-22-16-7-3-6-15(13-16)18(21)19-10-9-14-5-1-2-8-17(14)19/h1-3,5-8,11,13H,4,9-10,12H2. The summed E-state index contributed by atoms with van der Waals surface area (Å²) in [6, 6.07) is 15.1. The van der Waals surface area contributed by atoms with Crippen molar-refractivity contribution >= 4 is 17.9 Å². The average molecular weight is 295 g/mol. The second-order valence-corrected chi connectivity index (χ2v) is 5.17. The molecule has 3 rings (SSSR count). The maximum Gasteiger partial charge on any atom is 0.258 e. The van der Waals surface area contributed by atoms with E-state index in [2.05, 4.69) is 6.07 Å². The number of benzene rings is 2. The summed E-state index contributed by atoms with van der Waals surface area (Å²) < 4.78 is 5.47. The molecule has 0 unspecified atom stereocenters. The van der Waals surface area contributed by atoms with Crippen LogP contribution in [0.1, 0.15) is 22.3 Å². The highest BCUT2D eigenvalue weighted by atomic mass is 16.5. The number of rotatable bonds is 5. The lowest BCUT2D eigenvalue weighted by molar-refractivity contribution is -0.108. The Morgan fingerprint density at radius 2 is 2.05 bits per heavy atom. The lowest BCUT2D eigenvalue weighted by Gasteiger charge is -2.17. The predicted molar refractivity (Wildman–Crippen MR) is 84.4 cm³/mol. The topological polar surface area (TPSA) is 46.6 Å². The van der Waals surface area contributed by atoms with E-state index < -0.39 is 0 Å². The third-order valence-corrected chi connectivity index (χ3v) is 3.72. The number of ether oxygens (including phenoxy) is 1. The summed E-state index contributed by atoms with van der Waals surface area (Å²) in [6.45, 7) is 1.03. The largest absolute Gasteiger partial charge is 0.493 e. The van der Waals surface area contributed by atoms with E-state index in [0.29, 0.717) is 30.9 Å². The van der Waals surface area contributed by atoms with E-state index in [1.54, 1.807) is 29.2 Å². The van der Waals surface area contributed by atoms with E-state index in [0.717, 1.165) is 18.4 Å². The molecule has 0 aromatic heterocycles. The van der Waals surface area contributed by atoms with Crippen LogP contribution in [-0.2, 0) is 11.2 Å². The zero-order valence-corrected chi connectivity index (χ0v) is 12.2. The molecule has 22 heavy (non-hydrogen) atoms. The summed E-state index contributed by atoms with van der Waals surface area (Å²) >= 11 is 0. The van der Waals surface area contributed by atoms with Gasteiger partial charge in [-0.1, -0.05) is 24.3 Å². The number of carbonyl (C=O) groups is 2. The van der Waals surface area contributed by atoms with Crippen molar-refractivity contribution in [1.82, 2.24) is 0 Å². The number of hydrogen-bond acceptors (Lipinski definition) is 3. The molecular formula is C18H17NO3. The molecular weight excluding hydrogens is 278 g/mol. The molecule has 0 saturated heterocycles. The lowest BCUT2D eigenvalue weighted by atomic mass is 10.1. The Labute approximate surface area is 129 Å². The minimum absolute atomic E-state index is 0.0224. The molecule has 1 heterocycles. The van der Waals surface area contributed by atoms with Crippen LogP contribution in [0, 0.1) is 0 Å². The van der Waals surface area contributed by atoms with Gasteiger partial charge in [0, 0.05) is 24.2 Å². The number of amides is 1. The van der Waals surface area contributed by atoms with Crippen molar-refractivity contribution in [2.45, 2.75) is 12.8 Å². The summed E-state index contributed by atoms with van der Waals surface area (Å²) in [5.74, 6) is 0.589. The summed E-state index contributed by atoms with van der Waals surface area (Å²) in [6.07, 6.45) is 2.05. The number of nitrogens with zero attached hydrogens (tertiary/aromatic N) is 1. The molecule has 4 heteroatoms. The van der Waals surface area contributed by atoms with Gasteiger partial charge in [0.25, 0.3) is 5.91 Å². The van der Waals surface area contributed by atoms with Crippen LogP contribution >= 0.6 is 0 Å². The third kappa shape index (κ3) is 2.86. The molecule has 0 N–H and O–H groups in total. The molecule has 0 radical (unpaired) electrons. The highest BCUT2D eigenvalue weighted by Crippen LogP contribution is 2.29. The monoisotopic (exact) mass is 295 g/mol. The van der Waals surface area contributed by atoms with Gasteiger partial charge in [0.15, 0.2) is 0 Å². The van der Waals surface area contributed by atoms with E-state index >= 15 is 0 Å². The Bertz CT molecular complexity index is 696. The highest BCUT2D eigenvalue weighted by molar-refractivity contribution is 6.07. The predicted octanol–water partition coefficient (Wildman–Crippen LogP) is 2.86. The van der Waals surface area contributed by atoms with Crippen molar-refractivity contribution < 1.29 is 14.3 Å². The molecule has 2 aromatic carbocycles. The highest BCUT2D eigenvalue weighted by Gasteiger charge is 2.25. The van der Waals surface area contributed by atoms with Gasteiger partial charge >= 0.3 is 0 Å². The zero-order valence-electron chi connectivity index (χ0n) is 12.2. The van der Waals surface area contributed by atoms with Crippen LogP contribution in [0.25, 0.3) is 0 Å². The average Bonchev–Trinajstić information content (AvgIpc) is 2.99. The smallest absolute Gasteiger partial charge is 0.258 e. The van der Waals surface area contributed by atoms with Crippen LogP contribution in [-0.4, -0.2) is 25.3 Å². The van der Waals surface area contributed by atoms with E-state index in [-0.39, 0.29) is 5.91 Å². The number of hydrogen-bond donors (Lipinski definition) is 0. The van der Waals surface area contributed by atoms with Gasteiger partial charge in [-0.2, -0.15) is 0 Å². The van der Waals surface area contributed by atoms with Crippen molar-refractivity contribution in [3.63, 3.8) is 0 Å². The fourth-order valence-electron chi connectivity index (χ4n) is 2.65. The van der Waals surface area contributed by atoms with Crippen LogP contribution in [0.2, 0.25) is 0 Å². The Hall–Kier alpha value is -2.62. The van der Waals surface area contributed by atoms with E-state index in [1.165, 1.54) is 5.56 Å². The summed E-state index contributed by atoms with van der Waals surface area (Å²) in [5.41, 5.74) is 2.79. The fraction of sp³-hybridized carbons (Fsp3) is 0.222. The first kappa shape index (κ1) is 14.3. The third-order valence-electron chi connectivity index (χ3n) is 3.72. The number of aldehydes is 1. The molecule has 0 saturated carbocycles. The Morgan fingerprint density at radius 3 is 2.91 bits per heavy atom. The minimum Gasteiger partial charge on any atom is -0.493 e. The van der Waals surface area contributed by atoms with Crippen molar-refractivity contribution in [2.75, 3.05) is 18.1 Å². The first-order valence-corrected chi connectivity index (χ1v) is 7.36. The van der Waals surface area contributed by atoms with Crippen molar-refractivity contribution in [3.05, 3.63) is 59.7 Å². The molecule has 0 fully saturated rings. The molecule has 2 aromatic rings. The Morgan fingerprint density at radius 1 is 1.18 bits per heavy atom. The maximum absolute atomic E-state index is 12.7. The lowest BCUT2D eigenvalue weighted by Crippen LogP contribution is -2.28. The van der Waals surface area contributed by atoms with Gasteiger partial charge in [-0.25, -0.2) is 0 Å². The van der Waals surface area contributed by atoms with Gasteiger partial charge in [-0.15, -0.1) is 0 Å². The second kappa shape index (κ2) is 6.43. The summed E-state index contributed by atoms with van der Waals surface area (Å²) in [7, 11) is 0. The maximum atomic E-state index is 12.7. The van der Waals surface area contributed by atoms with Gasteiger partial charge in [0.2, 0.25) is 0 Å². The van der Waals surface area contributed by atoms with E-state index in [4.69, 9.17) is 4.74 Å². The van der Waals surface area contributed by atoms with Gasteiger partial charge in [-0.3, -0.25) is 4.79 Å². The molecule has 0 spiro atoms. The molecule has 1 amide bonds. The normalized spacial score (nSPS) is 12.8. The van der Waals surface area contributed by atoms with Crippen LogP contribution in [0.3, 0.4) is 0 Å². The van der Waals surface area contributed by atoms with Crippen molar-refractivity contribution in [3.8, 4) is 5.75 Å². The van der Waals surface area contributed by atoms with Gasteiger partial charge in [0.05, 0.1) is 6.61 Å². The number of fused-ring (bicyclic) bond motifs is 1. The molecule has 0 atom stereocenters. The first-order valence-electron chi connectivity index (χ1n) is 7.36. The van der Waals surface area contributed by atoms with Crippen LogP contribution in [0.5, 0.6) is 5.75 Å². The van der Waals surface area contributed by atoms with Crippen LogP contribution in [0.15, 0.2) is 48.5 Å². The Kier molecular flexibility index (Phi) is 4.19. The zero-order chi connectivity index (χ0) is 15.4. The molecule has 1 aliphatic rings. The number of carbonyl (C=O) groups excluding carboxylic acids is 2. The number of anilines is 1. The van der Waals surface area contributed by atoms with E-state index in [1.807, 2.05) is 18.2 Å². The first-order chi connectivity index (χ1) is 10.8. The summed E-state index contributed by atoms with van der Waals surface area (Å²) in [4.78, 5) is 24.8. The molecule has 112 valence electrons. The van der Waals surface area contributed by atoms with Crippen LogP contribution in [0.4, 0.5) is 5.69 Å². The van der Waals surface area contributed by atoms with Crippen molar-refractivity contribution in [1.29, 1.82) is 0 Å². The fourth-order valence-corrected chi connectivity index (χ4v) is 2.65. The molecule has 0 bridgehead atoms. The second-order valence-electron chi connectivity index (χ2n) is 5.17. The quantitative estimate of drug-likeness (QED) is 0.629. The number of para-hydroxylation sites is 1. The van der Waals surface area contributed by atoms with Crippen molar-refractivity contribution in [2.24, 2.45) is 0 Å². The van der Waals surface area contributed by atoms with E-state index in [9.17, 15) is 9.59 Å². The molecule has 1 aliphatic heterocycles. The molecule has 0 aliphatic carbocycles. The molecule has 4 nitrogen and oxygen atoms in total. The Balaban J connectivity index is 1.78. The summed E-state index contributed by atoms with van der Waals surface area (Å²) in [5, 5.41) is 0. The van der Waals surface area contributed by atoms with Gasteiger partial charge in [0.1, 0.15) is 12.0 Å². The van der Waals surface area contributed by atoms with Crippen LogP contribution < -0.4 is 9.64 Å².